The average Bonchev–Trinajstić information content (AvgIpc) is 2.61. The van der Waals surface area contributed by atoms with E-state index in [0.29, 0.717) is 0 Å². The largest absolute Gasteiger partial charge is 0.222 e. The van der Waals surface area contributed by atoms with Crippen LogP contribution in [0.3, 0.4) is 0 Å². The predicted molar refractivity (Wildman–Crippen MR) is 45.0 cm³/mol. The molecule has 0 bridgehead atoms. The summed E-state index contributed by atoms with van der Waals surface area (Å²) in [4.78, 5) is 0. The second-order valence-electron chi connectivity index (χ2n) is 3.56. The summed E-state index contributed by atoms with van der Waals surface area (Å²) >= 11 is 5.92. The van der Waals surface area contributed by atoms with E-state index >= 15 is 0 Å². The molecule has 0 spiro atoms. The molecule has 66 valence electrons. The number of nitrogens with zero attached hydrogens (tertiary/aromatic N) is 4. The van der Waals surface area contributed by atoms with Gasteiger partial charge in [-0.15, -0.1) is 16.7 Å². The van der Waals surface area contributed by atoms with Gasteiger partial charge < -0.3 is 0 Å². The fourth-order valence-corrected chi connectivity index (χ4v) is 1.36. The van der Waals surface area contributed by atoms with Crippen molar-refractivity contribution in [1.82, 2.24) is 20.2 Å². The van der Waals surface area contributed by atoms with Gasteiger partial charge in [-0.2, -0.15) is 0 Å². The second-order valence-corrected chi connectivity index (χ2v) is 4.22. The molecule has 2 rings (SSSR count). The van der Waals surface area contributed by atoms with Gasteiger partial charge in [0.25, 0.3) is 0 Å². The van der Waals surface area contributed by atoms with E-state index in [1.807, 2.05) is 11.6 Å². The highest BCUT2D eigenvalue weighted by atomic mass is 35.5. The van der Waals surface area contributed by atoms with Crippen molar-refractivity contribution in [2.45, 2.75) is 37.6 Å². The first kappa shape index (κ1) is 7.98. The van der Waals surface area contributed by atoms with E-state index in [2.05, 4.69) is 22.4 Å². The van der Waals surface area contributed by atoms with Crippen LogP contribution in [0.5, 0.6) is 0 Å². The van der Waals surface area contributed by atoms with Crippen LogP contribution in [0.2, 0.25) is 0 Å². The molecule has 1 unspecified atom stereocenters. The summed E-state index contributed by atoms with van der Waals surface area (Å²) in [6, 6.07) is 0. The molecule has 5 heteroatoms. The fourth-order valence-electron chi connectivity index (χ4n) is 1.22. The molecule has 1 aromatic heterocycles. The zero-order valence-electron chi connectivity index (χ0n) is 7.16. The molecule has 1 heterocycles. The minimum absolute atomic E-state index is 0.113. The second kappa shape index (κ2) is 2.42. The molecule has 1 aliphatic carbocycles. The Morgan fingerprint density at radius 1 is 1.58 bits per heavy atom. The molecule has 0 radical (unpaired) electrons. The third-order valence-corrected chi connectivity index (χ3v) is 2.53. The molecule has 0 N–H and O–H groups in total. The van der Waals surface area contributed by atoms with Crippen LogP contribution in [-0.4, -0.2) is 20.2 Å². The molecule has 1 fully saturated rings. The summed E-state index contributed by atoms with van der Waals surface area (Å²) < 4.78 is 1.85. The van der Waals surface area contributed by atoms with Crippen LogP contribution in [0.15, 0.2) is 0 Å². The molecular weight excluding hydrogens is 176 g/mol. The average molecular weight is 187 g/mol. The van der Waals surface area contributed by atoms with E-state index in [9.17, 15) is 0 Å². The Hall–Kier alpha value is -0.640. The molecule has 0 aliphatic heterocycles. The summed E-state index contributed by atoms with van der Waals surface area (Å²) in [6.07, 6.45) is 2.29. The Balaban J connectivity index is 2.37. The highest BCUT2D eigenvalue weighted by Gasteiger charge is 2.42. The van der Waals surface area contributed by atoms with Gasteiger partial charge in [0, 0.05) is 0 Å². The SMILES string of the molecule is CC(Cl)c1nnnn1C1(C)CC1. The van der Waals surface area contributed by atoms with Crippen molar-refractivity contribution < 1.29 is 0 Å². The molecule has 1 atom stereocenters. The van der Waals surface area contributed by atoms with Crippen molar-refractivity contribution >= 4 is 11.6 Å². The van der Waals surface area contributed by atoms with E-state index < -0.39 is 0 Å². The lowest BCUT2D eigenvalue weighted by Crippen LogP contribution is -2.17. The topological polar surface area (TPSA) is 43.6 Å². The van der Waals surface area contributed by atoms with Crippen molar-refractivity contribution in [3.8, 4) is 0 Å². The Kier molecular flexibility index (Phi) is 1.61. The highest BCUT2D eigenvalue weighted by Crippen LogP contribution is 2.43. The lowest BCUT2D eigenvalue weighted by Gasteiger charge is -2.11. The molecule has 12 heavy (non-hydrogen) atoms. The maximum Gasteiger partial charge on any atom is 0.169 e. The van der Waals surface area contributed by atoms with E-state index in [1.165, 1.54) is 0 Å². The Morgan fingerprint density at radius 3 is 2.75 bits per heavy atom. The van der Waals surface area contributed by atoms with Crippen LogP contribution in [-0.2, 0) is 5.54 Å². The van der Waals surface area contributed by atoms with E-state index in [-0.39, 0.29) is 10.9 Å². The predicted octanol–water partition coefficient (Wildman–Crippen LogP) is 1.48. The zero-order chi connectivity index (χ0) is 8.77. The Bertz CT molecular complexity index is 289. The quantitative estimate of drug-likeness (QED) is 0.658. The molecule has 1 aromatic rings. The van der Waals surface area contributed by atoms with Gasteiger partial charge in [-0.25, -0.2) is 4.68 Å². The number of hydrogen-bond donors (Lipinski definition) is 0. The Morgan fingerprint density at radius 2 is 2.25 bits per heavy atom. The summed E-state index contributed by atoms with van der Waals surface area (Å²) in [5.41, 5.74) is 0.141. The van der Waals surface area contributed by atoms with Crippen LogP contribution in [0.25, 0.3) is 0 Å². The maximum atomic E-state index is 5.92. The summed E-state index contributed by atoms with van der Waals surface area (Å²) in [6.45, 7) is 4.03. The van der Waals surface area contributed by atoms with Gasteiger partial charge in [-0.3, -0.25) is 0 Å². The van der Waals surface area contributed by atoms with Gasteiger partial charge in [0.05, 0.1) is 10.9 Å². The first-order chi connectivity index (χ1) is 5.63. The van der Waals surface area contributed by atoms with E-state index in [0.717, 1.165) is 18.7 Å². The lowest BCUT2D eigenvalue weighted by atomic mass is 10.3. The monoisotopic (exact) mass is 186 g/mol. The van der Waals surface area contributed by atoms with Crippen molar-refractivity contribution in [2.24, 2.45) is 0 Å². The van der Waals surface area contributed by atoms with Gasteiger partial charge in [0.15, 0.2) is 5.82 Å². The molecule has 0 saturated heterocycles. The number of hydrogen-bond acceptors (Lipinski definition) is 3. The van der Waals surface area contributed by atoms with Crippen LogP contribution >= 0.6 is 11.6 Å². The molecule has 4 nitrogen and oxygen atoms in total. The molecule has 0 aromatic carbocycles. The normalized spacial score (nSPS) is 22.2. The van der Waals surface area contributed by atoms with Gasteiger partial charge in [-0.05, 0) is 37.1 Å². The van der Waals surface area contributed by atoms with Crippen LogP contribution in [0.4, 0.5) is 0 Å². The van der Waals surface area contributed by atoms with Gasteiger partial charge in [0.1, 0.15) is 0 Å². The summed E-state index contributed by atoms with van der Waals surface area (Å²) in [7, 11) is 0. The van der Waals surface area contributed by atoms with E-state index in [4.69, 9.17) is 11.6 Å². The zero-order valence-corrected chi connectivity index (χ0v) is 7.91. The van der Waals surface area contributed by atoms with Crippen LogP contribution in [0.1, 0.15) is 37.9 Å². The smallest absolute Gasteiger partial charge is 0.169 e. The van der Waals surface area contributed by atoms with Gasteiger partial charge in [0.2, 0.25) is 0 Å². The minimum atomic E-state index is -0.113. The lowest BCUT2D eigenvalue weighted by molar-refractivity contribution is 0.440. The number of halogens is 1. The number of alkyl halides is 1. The first-order valence-electron chi connectivity index (χ1n) is 4.06. The van der Waals surface area contributed by atoms with Crippen LogP contribution in [0, 0.1) is 0 Å². The minimum Gasteiger partial charge on any atom is -0.222 e. The van der Waals surface area contributed by atoms with Crippen LogP contribution < -0.4 is 0 Å². The number of rotatable bonds is 2. The molecular formula is C7H11ClN4. The molecule has 0 amide bonds. The van der Waals surface area contributed by atoms with Crippen molar-refractivity contribution in [1.29, 1.82) is 0 Å². The van der Waals surface area contributed by atoms with Gasteiger partial charge >= 0.3 is 0 Å². The molecule has 1 saturated carbocycles. The summed E-state index contributed by atoms with van der Waals surface area (Å²) in [5.74, 6) is 0.775. The van der Waals surface area contributed by atoms with Gasteiger partial charge in [-0.1, -0.05) is 0 Å². The highest BCUT2D eigenvalue weighted by molar-refractivity contribution is 6.20. The number of tetrazole rings is 1. The number of aromatic nitrogens is 4. The van der Waals surface area contributed by atoms with Crippen molar-refractivity contribution in [2.75, 3.05) is 0 Å². The fraction of sp³-hybridized carbons (Fsp3) is 0.857. The maximum absolute atomic E-state index is 5.92. The third kappa shape index (κ3) is 1.10. The molecule has 1 aliphatic rings. The standard InChI is InChI=1S/C7H11ClN4/c1-5(8)6-9-10-11-12(6)7(2)3-4-7/h5H,3-4H2,1-2H3. The van der Waals surface area contributed by atoms with E-state index in [1.54, 1.807) is 0 Å². The summed E-state index contributed by atoms with van der Waals surface area (Å²) in [5, 5.41) is 11.3. The van der Waals surface area contributed by atoms with Crippen molar-refractivity contribution in [3.05, 3.63) is 5.82 Å². The van der Waals surface area contributed by atoms with Crippen molar-refractivity contribution in [3.63, 3.8) is 0 Å². The first-order valence-corrected chi connectivity index (χ1v) is 4.50. The third-order valence-electron chi connectivity index (χ3n) is 2.33. The Labute approximate surface area is 75.9 Å².